The molecule has 98 valence electrons. The van der Waals surface area contributed by atoms with Gasteiger partial charge in [0.1, 0.15) is 0 Å². The molecule has 1 aliphatic heterocycles. The molecule has 2 heteroatoms. The van der Waals surface area contributed by atoms with Gasteiger partial charge in [-0.25, -0.2) is 0 Å². The average molecular weight is 264 g/mol. The van der Waals surface area contributed by atoms with Gasteiger partial charge >= 0.3 is 0 Å². The minimum Gasteiger partial charge on any atom is -0.316 e. The molecule has 0 bridgehead atoms. The lowest BCUT2D eigenvalue weighted by Gasteiger charge is -2.43. The molecule has 1 saturated heterocycles. The Morgan fingerprint density at radius 3 is 2.83 bits per heavy atom. The first-order valence-corrected chi connectivity index (χ1v) is 7.52. The van der Waals surface area contributed by atoms with E-state index < -0.39 is 0 Å². The Hall–Kier alpha value is -0.530. The van der Waals surface area contributed by atoms with E-state index in [0.29, 0.717) is 11.3 Å². The molecule has 3 rings (SSSR count). The molecule has 2 aliphatic rings. The molecule has 1 aromatic carbocycles. The van der Waals surface area contributed by atoms with Crippen LogP contribution in [0.1, 0.15) is 44.1 Å². The van der Waals surface area contributed by atoms with E-state index in [1.165, 1.54) is 31.2 Å². The Labute approximate surface area is 115 Å². The molecule has 0 aromatic heterocycles. The molecule has 0 spiro atoms. The third kappa shape index (κ3) is 2.44. The molecular weight excluding hydrogens is 242 g/mol. The molecule has 1 saturated carbocycles. The van der Waals surface area contributed by atoms with Crippen LogP contribution in [0.25, 0.3) is 0 Å². The lowest BCUT2D eigenvalue weighted by molar-refractivity contribution is 0.163. The summed E-state index contributed by atoms with van der Waals surface area (Å²) in [5, 5.41) is 4.49. The predicted molar refractivity (Wildman–Crippen MR) is 77.1 cm³/mol. The zero-order valence-corrected chi connectivity index (χ0v) is 11.8. The van der Waals surface area contributed by atoms with Gasteiger partial charge in [-0.05, 0) is 42.3 Å². The minimum atomic E-state index is 0.428. The molecule has 0 amide bonds. The van der Waals surface area contributed by atoms with E-state index >= 15 is 0 Å². The second-order valence-corrected chi connectivity index (χ2v) is 6.74. The Balaban J connectivity index is 1.89. The van der Waals surface area contributed by atoms with Crippen LogP contribution in [-0.4, -0.2) is 13.1 Å². The summed E-state index contributed by atoms with van der Waals surface area (Å²) in [6, 6.07) is 8.39. The Morgan fingerprint density at radius 1 is 1.33 bits per heavy atom. The largest absolute Gasteiger partial charge is 0.316 e. The average Bonchev–Trinajstić information content (AvgIpc) is 3.14. The van der Waals surface area contributed by atoms with Gasteiger partial charge in [0, 0.05) is 17.5 Å². The van der Waals surface area contributed by atoms with E-state index in [1.807, 2.05) is 12.1 Å². The Bertz CT molecular complexity index is 427. The van der Waals surface area contributed by atoms with Crippen LogP contribution in [0.4, 0.5) is 0 Å². The summed E-state index contributed by atoms with van der Waals surface area (Å²) >= 11 is 6.41. The summed E-state index contributed by atoms with van der Waals surface area (Å²) in [6.45, 7) is 4.71. The molecule has 1 nitrogen and oxygen atoms in total. The van der Waals surface area contributed by atoms with Crippen molar-refractivity contribution in [3.8, 4) is 0 Å². The summed E-state index contributed by atoms with van der Waals surface area (Å²) in [4.78, 5) is 0. The third-order valence-corrected chi connectivity index (χ3v) is 5.14. The van der Waals surface area contributed by atoms with E-state index in [-0.39, 0.29) is 0 Å². The number of benzene rings is 1. The fraction of sp³-hybridized carbons (Fsp3) is 0.625. The second-order valence-electron chi connectivity index (χ2n) is 6.33. The number of hydrogen-bond acceptors (Lipinski definition) is 1. The van der Waals surface area contributed by atoms with Crippen LogP contribution < -0.4 is 5.32 Å². The summed E-state index contributed by atoms with van der Waals surface area (Å²) in [7, 11) is 0. The van der Waals surface area contributed by atoms with Crippen molar-refractivity contribution in [2.24, 2.45) is 11.3 Å². The zero-order chi connectivity index (χ0) is 12.6. The van der Waals surface area contributed by atoms with Gasteiger partial charge in [0.05, 0.1) is 0 Å². The van der Waals surface area contributed by atoms with Crippen LogP contribution in [0.15, 0.2) is 24.3 Å². The normalized spacial score (nSPS) is 32.4. The van der Waals surface area contributed by atoms with Crippen molar-refractivity contribution in [3.63, 3.8) is 0 Å². The minimum absolute atomic E-state index is 0.428. The fourth-order valence-corrected chi connectivity index (χ4v) is 3.78. The van der Waals surface area contributed by atoms with Crippen LogP contribution in [0.2, 0.25) is 5.02 Å². The first kappa shape index (κ1) is 12.5. The molecule has 18 heavy (non-hydrogen) atoms. The highest BCUT2D eigenvalue weighted by molar-refractivity contribution is 6.31. The molecular formula is C16H22ClN. The second kappa shape index (κ2) is 4.86. The zero-order valence-electron chi connectivity index (χ0n) is 11.1. The first-order valence-electron chi connectivity index (χ1n) is 7.14. The van der Waals surface area contributed by atoms with Crippen molar-refractivity contribution >= 4 is 11.6 Å². The summed E-state index contributed by atoms with van der Waals surface area (Å²) in [5.74, 6) is 1.55. The topological polar surface area (TPSA) is 12.0 Å². The quantitative estimate of drug-likeness (QED) is 0.861. The molecule has 2 atom stereocenters. The lowest BCUT2D eigenvalue weighted by Crippen LogP contribution is -2.42. The Kier molecular flexibility index (Phi) is 3.38. The third-order valence-electron chi connectivity index (χ3n) is 4.80. The van der Waals surface area contributed by atoms with Gasteiger partial charge in [0.15, 0.2) is 0 Å². The van der Waals surface area contributed by atoms with Gasteiger partial charge in [0.25, 0.3) is 0 Å². The molecule has 1 heterocycles. The molecule has 1 aliphatic carbocycles. The number of halogens is 1. The highest BCUT2D eigenvalue weighted by Gasteiger charge is 2.41. The van der Waals surface area contributed by atoms with Crippen LogP contribution in [-0.2, 0) is 0 Å². The van der Waals surface area contributed by atoms with E-state index in [2.05, 4.69) is 24.4 Å². The highest BCUT2D eigenvalue weighted by atomic mass is 35.5. The van der Waals surface area contributed by atoms with Crippen LogP contribution in [0.5, 0.6) is 0 Å². The van der Waals surface area contributed by atoms with Gasteiger partial charge in [-0.2, -0.15) is 0 Å². The standard InChI is InChI=1S/C16H22ClN/c1-16(10-12-6-7-12)8-9-18-11-14(16)13-4-2-3-5-15(13)17/h2-5,12,14,18H,6-11H2,1H3. The van der Waals surface area contributed by atoms with Crippen LogP contribution in [0.3, 0.4) is 0 Å². The van der Waals surface area contributed by atoms with E-state index in [4.69, 9.17) is 11.6 Å². The van der Waals surface area contributed by atoms with Crippen molar-refractivity contribution in [1.82, 2.24) is 5.32 Å². The SMILES string of the molecule is CC1(CC2CC2)CCNCC1c1ccccc1Cl. The van der Waals surface area contributed by atoms with Crippen molar-refractivity contribution in [2.45, 2.75) is 38.5 Å². The van der Waals surface area contributed by atoms with Gasteiger partial charge in [-0.3, -0.25) is 0 Å². The summed E-state index contributed by atoms with van der Waals surface area (Å²) in [5.41, 5.74) is 1.77. The smallest absolute Gasteiger partial charge is 0.0441 e. The van der Waals surface area contributed by atoms with Crippen LogP contribution >= 0.6 is 11.6 Å². The van der Waals surface area contributed by atoms with Crippen molar-refractivity contribution in [3.05, 3.63) is 34.9 Å². The first-order chi connectivity index (χ1) is 8.69. The van der Waals surface area contributed by atoms with Gasteiger partial charge in [-0.15, -0.1) is 0 Å². The number of hydrogen-bond donors (Lipinski definition) is 1. The van der Waals surface area contributed by atoms with Crippen LogP contribution in [0, 0.1) is 11.3 Å². The summed E-state index contributed by atoms with van der Waals surface area (Å²) in [6.07, 6.45) is 5.54. The van der Waals surface area contributed by atoms with Crippen molar-refractivity contribution in [2.75, 3.05) is 13.1 Å². The maximum atomic E-state index is 6.41. The lowest BCUT2D eigenvalue weighted by atomic mass is 9.66. The molecule has 2 fully saturated rings. The number of rotatable bonds is 3. The Morgan fingerprint density at radius 2 is 2.11 bits per heavy atom. The number of nitrogens with one attached hydrogen (secondary N) is 1. The van der Waals surface area contributed by atoms with Gasteiger partial charge in [0.2, 0.25) is 0 Å². The van der Waals surface area contributed by atoms with Crippen molar-refractivity contribution in [1.29, 1.82) is 0 Å². The van der Waals surface area contributed by atoms with Gasteiger partial charge in [-0.1, -0.05) is 49.6 Å². The maximum absolute atomic E-state index is 6.41. The highest BCUT2D eigenvalue weighted by Crippen LogP contribution is 2.51. The van der Waals surface area contributed by atoms with E-state index in [1.54, 1.807) is 0 Å². The van der Waals surface area contributed by atoms with Gasteiger partial charge < -0.3 is 5.32 Å². The van der Waals surface area contributed by atoms with E-state index in [9.17, 15) is 0 Å². The molecule has 0 radical (unpaired) electrons. The predicted octanol–water partition coefficient (Wildman–Crippen LogP) is 4.22. The molecule has 2 unspecified atom stereocenters. The van der Waals surface area contributed by atoms with Crippen molar-refractivity contribution < 1.29 is 0 Å². The number of piperidine rings is 1. The monoisotopic (exact) mass is 263 g/mol. The summed E-state index contributed by atoms with van der Waals surface area (Å²) < 4.78 is 0. The fourth-order valence-electron chi connectivity index (χ4n) is 3.51. The molecule has 1 aromatic rings. The maximum Gasteiger partial charge on any atom is 0.0441 e. The molecule has 1 N–H and O–H groups in total. The van der Waals surface area contributed by atoms with E-state index in [0.717, 1.165) is 24.0 Å².